The van der Waals surface area contributed by atoms with Gasteiger partial charge in [-0.1, -0.05) is 17.3 Å². The summed E-state index contributed by atoms with van der Waals surface area (Å²) in [6, 6.07) is 7.66. The Bertz CT molecular complexity index is 945. The molecule has 0 saturated carbocycles. The number of hydrogen-bond acceptors (Lipinski definition) is 6. The number of fused-ring (bicyclic) bond motifs is 1. The third-order valence-corrected chi connectivity index (χ3v) is 5.11. The smallest absolute Gasteiger partial charge is 0.240 e. The number of aryl methyl sites for hydroxylation is 2. The number of carbonyl (C=O) groups excluding carboxylic acids is 1. The highest BCUT2D eigenvalue weighted by Gasteiger charge is 2.28. The minimum absolute atomic E-state index is 0.0685. The van der Waals surface area contributed by atoms with Crippen LogP contribution >= 0.6 is 0 Å². The van der Waals surface area contributed by atoms with Gasteiger partial charge < -0.3 is 23.9 Å². The number of ether oxygens (including phenoxy) is 2. The van der Waals surface area contributed by atoms with Crippen LogP contribution in [-0.4, -0.2) is 46.0 Å². The molecule has 0 bridgehead atoms. The molecule has 0 radical (unpaired) electrons. The molecule has 4 rings (SSSR count). The van der Waals surface area contributed by atoms with Crippen molar-refractivity contribution in [2.24, 2.45) is 0 Å². The Labute approximate surface area is 162 Å². The van der Waals surface area contributed by atoms with Gasteiger partial charge in [0.25, 0.3) is 0 Å². The molecule has 1 N–H and O–H groups in total. The van der Waals surface area contributed by atoms with Crippen LogP contribution in [0, 0.1) is 13.8 Å². The van der Waals surface area contributed by atoms with E-state index < -0.39 is 0 Å². The van der Waals surface area contributed by atoms with Gasteiger partial charge >= 0.3 is 0 Å². The predicted octanol–water partition coefficient (Wildman–Crippen LogP) is 2.13. The second kappa shape index (κ2) is 8.12. The lowest BCUT2D eigenvalue weighted by atomic mass is 10.1. The van der Waals surface area contributed by atoms with Gasteiger partial charge in [0, 0.05) is 12.2 Å². The minimum atomic E-state index is -0.217. The maximum atomic E-state index is 12.6. The molecule has 1 aliphatic heterocycles. The van der Waals surface area contributed by atoms with E-state index in [1.807, 2.05) is 42.7 Å². The largest absolute Gasteiger partial charge is 0.379 e. The van der Waals surface area contributed by atoms with Gasteiger partial charge in [-0.3, -0.25) is 4.79 Å². The number of para-hydroxylation sites is 2. The summed E-state index contributed by atoms with van der Waals surface area (Å²) in [6.07, 6.45) is 2.19. The number of aromatic nitrogens is 3. The summed E-state index contributed by atoms with van der Waals surface area (Å²) >= 11 is 0. The molecular formula is C20H24N4O4. The molecule has 0 aliphatic carbocycles. The van der Waals surface area contributed by atoms with Crippen molar-refractivity contribution in [3.8, 4) is 0 Å². The molecule has 8 nitrogen and oxygen atoms in total. The molecule has 1 aromatic carbocycles. The number of amides is 1. The zero-order chi connectivity index (χ0) is 19.5. The van der Waals surface area contributed by atoms with Gasteiger partial charge in [0.05, 0.1) is 42.3 Å². The van der Waals surface area contributed by atoms with Crippen molar-refractivity contribution in [3.63, 3.8) is 0 Å². The van der Waals surface area contributed by atoms with Crippen molar-refractivity contribution < 1.29 is 18.8 Å². The van der Waals surface area contributed by atoms with Crippen LogP contribution in [0.4, 0.5) is 0 Å². The van der Waals surface area contributed by atoms with Crippen LogP contribution in [0.25, 0.3) is 11.0 Å². The van der Waals surface area contributed by atoms with Gasteiger partial charge in [0.1, 0.15) is 18.4 Å². The Kier molecular flexibility index (Phi) is 5.40. The van der Waals surface area contributed by atoms with Crippen LogP contribution in [0.2, 0.25) is 0 Å². The monoisotopic (exact) mass is 384 g/mol. The number of rotatable bonds is 6. The predicted molar refractivity (Wildman–Crippen MR) is 102 cm³/mol. The minimum Gasteiger partial charge on any atom is -0.379 e. The Morgan fingerprint density at radius 2 is 2.21 bits per heavy atom. The normalized spacial score (nSPS) is 19.8. The van der Waals surface area contributed by atoms with E-state index in [-0.39, 0.29) is 24.6 Å². The molecule has 0 spiro atoms. The van der Waals surface area contributed by atoms with Crippen LogP contribution in [-0.2, 0) is 27.4 Å². The van der Waals surface area contributed by atoms with E-state index >= 15 is 0 Å². The summed E-state index contributed by atoms with van der Waals surface area (Å²) in [5.74, 6) is 0.683. The Hall–Kier alpha value is -2.71. The highest BCUT2D eigenvalue weighted by atomic mass is 16.5. The van der Waals surface area contributed by atoms with E-state index in [0.717, 1.165) is 28.1 Å². The molecule has 3 aromatic rings. The van der Waals surface area contributed by atoms with E-state index in [4.69, 9.17) is 14.0 Å². The van der Waals surface area contributed by atoms with Crippen molar-refractivity contribution in [1.82, 2.24) is 20.0 Å². The fraction of sp³-hybridized carbons (Fsp3) is 0.450. The molecule has 2 aromatic heterocycles. The average Bonchev–Trinajstić information content (AvgIpc) is 3.24. The lowest BCUT2D eigenvalue weighted by Gasteiger charge is -2.32. The Balaban J connectivity index is 1.38. The van der Waals surface area contributed by atoms with Gasteiger partial charge in [-0.25, -0.2) is 4.98 Å². The summed E-state index contributed by atoms with van der Waals surface area (Å²) in [4.78, 5) is 17.0. The lowest BCUT2D eigenvalue weighted by Crippen LogP contribution is -2.50. The van der Waals surface area contributed by atoms with Crippen LogP contribution in [0.5, 0.6) is 0 Å². The molecule has 0 unspecified atom stereocenters. The number of imidazole rings is 1. The highest BCUT2D eigenvalue weighted by molar-refractivity contribution is 5.80. The Morgan fingerprint density at radius 3 is 3.04 bits per heavy atom. The van der Waals surface area contributed by atoms with Crippen molar-refractivity contribution in [2.45, 2.75) is 45.6 Å². The second-order valence-corrected chi connectivity index (χ2v) is 7.05. The number of nitrogens with one attached hydrogen (secondary N) is 1. The molecule has 1 fully saturated rings. The summed E-state index contributed by atoms with van der Waals surface area (Å²) in [5, 5.41) is 7.05. The maximum Gasteiger partial charge on any atom is 0.240 e. The molecule has 148 valence electrons. The first-order valence-electron chi connectivity index (χ1n) is 9.42. The average molecular weight is 384 g/mol. The lowest BCUT2D eigenvalue weighted by molar-refractivity contribution is -0.127. The van der Waals surface area contributed by atoms with Gasteiger partial charge in [-0.2, -0.15) is 0 Å². The molecule has 1 amide bonds. The summed E-state index contributed by atoms with van der Waals surface area (Å²) in [6.45, 7) is 5.40. The zero-order valence-corrected chi connectivity index (χ0v) is 16.1. The van der Waals surface area contributed by atoms with E-state index in [0.29, 0.717) is 26.2 Å². The highest BCUT2D eigenvalue weighted by Crippen LogP contribution is 2.18. The molecular weight excluding hydrogens is 360 g/mol. The van der Waals surface area contributed by atoms with Crippen molar-refractivity contribution in [1.29, 1.82) is 0 Å². The molecule has 1 saturated heterocycles. The van der Waals surface area contributed by atoms with E-state index in [1.54, 1.807) is 6.33 Å². The van der Waals surface area contributed by atoms with Crippen LogP contribution in [0.3, 0.4) is 0 Å². The first-order valence-corrected chi connectivity index (χ1v) is 9.42. The van der Waals surface area contributed by atoms with Crippen LogP contribution in [0.1, 0.15) is 23.4 Å². The Morgan fingerprint density at radius 1 is 1.36 bits per heavy atom. The van der Waals surface area contributed by atoms with Crippen molar-refractivity contribution >= 4 is 16.9 Å². The van der Waals surface area contributed by atoms with E-state index in [1.165, 1.54) is 0 Å². The maximum absolute atomic E-state index is 12.6. The SMILES string of the molecule is Cc1noc(C)c1CO[C@@H]1COCC[C@H]1NC(=O)Cn1cnc2ccccc21. The summed E-state index contributed by atoms with van der Waals surface area (Å²) in [5.41, 5.74) is 3.58. The molecule has 8 heteroatoms. The number of benzene rings is 1. The summed E-state index contributed by atoms with van der Waals surface area (Å²) < 4.78 is 18.6. The molecule has 2 atom stereocenters. The third-order valence-electron chi connectivity index (χ3n) is 5.11. The molecule has 3 heterocycles. The fourth-order valence-corrected chi connectivity index (χ4v) is 3.48. The van der Waals surface area contributed by atoms with Crippen LogP contribution in [0.15, 0.2) is 35.1 Å². The standard InChI is InChI=1S/C20H24N4O4/c1-13-15(14(2)28-23-13)10-27-19-11-26-8-7-17(19)22-20(25)9-24-12-21-16-5-3-4-6-18(16)24/h3-6,12,17,19H,7-11H2,1-2H3,(H,22,25)/t17-,19-/m1/s1. The number of carbonyl (C=O) groups is 1. The first kappa shape index (κ1) is 18.6. The van der Waals surface area contributed by atoms with E-state index in [2.05, 4.69) is 15.5 Å². The molecule has 28 heavy (non-hydrogen) atoms. The molecule has 1 aliphatic rings. The first-order chi connectivity index (χ1) is 13.6. The number of nitrogens with zero attached hydrogens (tertiary/aromatic N) is 3. The van der Waals surface area contributed by atoms with E-state index in [9.17, 15) is 4.79 Å². The second-order valence-electron chi connectivity index (χ2n) is 7.05. The zero-order valence-electron chi connectivity index (χ0n) is 16.1. The van der Waals surface area contributed by atoms with Gasteiger partial charge in [-0.05, 0) is 32.4 Å². The number of hydrogen-bond donors (Lipinski definition) is 1. The van der Waals surface area contributed by atoms with Gasteiger partial charge in [-0.15, -0.1) is 0 Å². The van der Waals surface area contributed by atoms with Crippen LogP contribution < -0.4 is 5.32 Å². The van der Waals surface area contributed by atoms with Gasteiger partial charge in [0.15, 0.2) is 0 Å². The summed E-state index contributed by atoms with van der Waals surface area (Å²) in [7, 11) is 0. The fourth-order valence-electron chi connectivity index (χ4n) is 3.48. The topological polar surface area (TPSA) is 91.4 Å². The third kappa shape index (κ3) is 3.93. The van der Waals surface area contributed by atoms with Crippen molar-refractivity contribution in [3.05, 3.63) is 47.6 Å². The van der Waals surface area contributed by atoms with Crippen molar-refractivity contribution in [2.75, 3.05) is 13.2 Å². The quantitative estimate of drug-likeness (QED) is 0.700. The van der Waals surface area contributed by atoms with Gasteiger partial charge in [0.2, 0.25) is 5.91 Å².